The van der Waals surface area contributed by atoms with Gasteiger partial charge in [-0.05, 0) is 30.0 Å². The molecule has 0 aromatic heterocycles. The lowest BCUT2D eigenvalue weighted by Gasteiger charge is -2.31. The molecule has 1 unspecified atom stereocenters. The van der Waals surface area contributed by atoms with Crippen LogP contribution in [0.3, 0.4) is 0 Å². The van der Waals surface area contributed by atoms with Crippen molar-refractivity contribution < 1.29 is 14.3 Å². The predicted octanol–water partition coefficient (Wildman–Crippen LogP) is 3.46. The van der Waals surface area contributed by atoms with Crippen LogP contribution in [-0.4, -0.2) is 22.4 Å². The highest BCUT2D eigenvalue weighted by atomic mass is 79.9. The van der Waals surface area contributed by atoms with Crippen molar-refractivity contribution in [1.82, 2.24) is 5.32 Å². The molecule has 0 aliphatic carbocycles. The number of halogens is 2. The smallest absolute Gasteiger partial charge is 0.255 e. The summed E-state index contributed by atoms with van der Waals surface area (Å²) in [6, 6.07) is 3.27. The molecular weight excluding hydrogens is 313 g/mol. The van der Waals surface area contributed by atoms with Gasteiger partial charge in [-0.3, -0.25) is 4.79 Å². The summed E-state index contributed by atoms with van der Waals surface area (Å²) in [5.74, 6) is -1.22. The second kappa shape index (κ2) is 6.37. The minimum atomic E-state index is -0.546. The van der Waals surface area contributed by atoms with Gasteiger partial charge >= 0.3 is 0 Å². The molecule has 5 heteroatoms. The number of carbonyl (C=O) groups excluding carboxylic acids is 1. The van der Waals surface area contributed by atoms with Crippen LogP contribution in [0.5, 0.6) is 5.75 Å². The maximum absolute atomic E-state index is 13.1. The van der Waals surface area contributed by atoms with Crippen molar-refractivity contribution in [3.8, 4) is 5.75 Å². The van der Waals surface area contributed by atoms with Gasteiger partial charge in [0.1, 0.15) is 11.6 Å². The molecule has 3 nitrogen and oxygen atoms in total. The van der Waals surface area contributed by atoms with Crippen molar-refractivity contribution in [3.63, 3.8) is 0 Å². The lowest BCUT2D eigenvalue weighted by molar-refractivity contribution is 0.0897. The molecule has 1 amide bonds. The van der Waals surface area contributed by atoms with Gasteiger partial charge in [0.25, 0.3) is 5.91 Å². The first-order valence-corrected chi connectivity index (χ1v) is 7.23. The fourth-order valence-corrected chi connectivity index (χ4v) is 2.21. The Kier molecular flexibility index (Phi) is 5.35. The van der Waals surface area contributed by atoms with Gasteiger partial charge in [-0.1, -0.05) is 36.7 Å². The Morgan fingerprint density at radius 2 is 2.11 bits per heavy atom. The SMILES string of the molecule is CC(C)(C)C(CCBr)NC(=O)c1cc(F)ccc1O. The highest BCUT2D eigenvalue weighted by Gasteiger charge is 2.26. The topological polar surface area (TPSA) is 49.3 Å². The van der Waals surface area contributed by atoms with E-state index in [0.717, 1.165) is 23.9 Å². The first-order chi connectivity index (χ1) is 8.75. The van der Waals surface area contributed by atoms with E-state index >= 15 is 0 Å². The highest BCUT2D eigenvalue weighted by Crippen LogP contribution is 2.24. The molecule has 1 rings (SSSR count). The minimum absolute atomic E-state index is 0.0381. The Balaban J connectivity index is 2.91. The number of amides is 1. The number of carbonyl (C=O) groups is 1. The van der Waals surface area contributed by atoms with Crippen molar-refractivity contribution in [1.29, 1.82) is 0 Å². The van der Waals surface area contributed by atoms with Gasteiger partial charge in [0, 0.05) is 11.4 Å². The van der Waals surface area contributed by atoms with Crippen LogP contribution >= 0.6 is 15.9 Å². The molecule has 2 N–H and O–H groups in total. The normalized spacial score (nSPS) is 13.1. The number of hydrogen-bond donors (Lipinski definition) is 2. The van der Waals surface area contributed by atoms with E-state index in [9.17, 15) is 14.3 Å². The number of nitrogens with one attached hydrogen (secondary N) is 1. The quantitative estimate of drug-likeness (QED) is 0.830. The number of benzene rings is 1. The van der Waals surface area contributed by atoms with E-state index in [1.807, 2.05) is 20.8 Å². The van der Waals surface area contributed by atoms with Gasteiger partial charge in [-0.25, -0.2) is 4.39 Å². The summed E-state index contributed by atoms with van der Waals surface area (Å²) < 4.78 is 13.1. The monoisotopic (exact) mass is 331 g/mol. The fourth-order valence-electron chi connectivity index (χ4n) is 1.76. The van der Waals surface area contributed by atoms with Crippen LogP contribution in [0.4, 0.5) is 4.39 Å². The Morgan fingerprint density at radius 3 is 2.63 bits per heavy atom. The number of rotatable bonds is 4. The lowest BCUT2D eigenvalue weighted by atomic mass is 9.85. The second-order valence-corrected chi connectivity index (χ2v) is 6.32. The van der Waals surface area contributed by atoms with Gasteiger partial charge in [0.2, 0.25) is 0 Å². The largest absolute Gasteiger partial charge is 0.507 e. The Bertz CT molecular complexity index is 457. The van der Waals surface area contributed by atoms with Crippen molar-refractivity contribution in [2.75, 3.05) is 5.33 Å². The summed E-state index contributed by atoms with van der Waals surface area (Å²) in [4.78, 5) is 12.1. The van der Waals surface area contributed by atoms with Crippen molar-refractivity contribution in [2.24, 2.45) is 5.41 Å². The molecule has 0 spiro atoms. The van der Waals surface area contributed by atoms with E-state index in [4.69, 9.17) is 0 Å². The van der Waals surface area contributed by atoms with Crippen LogP contribution < -0.4 is 5.32 Å². The van der Waals surface area contributed by atoms with Crippen LogP contribution in [0.2, 0.25) is 0 Å². The van der Waals surface area contributed by atoms with Crippen molar-refractivity contribution >= 4 is 21.8 Å². The Morgan fingerprint density at radius 1 is 1.47 bits per heavy atom. The lowest BCUT2D eigenvalue weighted by Crippen LogP contribution is -2.44. The van der Waals surface area contributed by atoms with Crippen molar-refractivity contribution in [2.45, 2.75) is 33.2 Å². The van der Waals surface area contributed by atoms with Gasteiger partial charge in [0.05, 0.1) is 5.56 Å². The summed E-state index contributed by atoms with van der Waals surface area (Å²) in [7, 11) is 0. The zero-order valence-corrected chi connectivity index (χ0v) is 12.9. The molecule has 0 radical (unpaired) electrons. The maximum Gasteiger partial charge on any atom is 0.255 e. The molecular formula is C14H19BrFNO2. The van der Waals surface area contributed by atoms with Crippen LogP contribution in [-0.2, 0) is 0 Å². The third-order valence-corrected chi connectivity index (χ3v) is 3.41. The average molecular weight is 332 g/mol. The van der Waals surface area contributed by atoms with Gasteiger partial charge in [-0.15, -0.1) is 0 Å². The van der Waals surface area contributed by atoms with E-state index in [-0.39, 0.29) is 22.8 Å². The van der Waals surface area contributed by atoms with Crippen LogP contribution in [0.25, 0.3) is 0 Å². The first-order valence-electron chi connectivity index (χ1n) is 6.11. The van der Waals surface area contributed by atoms with Gasteiger partial charge in [-0.2, -0.15) is 0 Å². The minimum Gasteiger partial charge on any atom is -0.507 e. The summed E-state index contributed by atoms with van der Waals surface area (Å²) in [6.07, 6.45) is 0.755. The van der Waals surface area contributed by atoms with E-state index in [0.29, 0.717) is 0 Å². The summed E-state index contributed by atoms with van der Waals surface area (Å²) in [6.45, 7) is 6.06. The third-order valence-electron chi connectivity index (χ3n) is 2.95. The molecule has 0 saturated heterocycles. The second-order valence-electron chi connectivity index (χ2n) is 5.53. The predicted molar refractivity (Wildman–Crippen MR) is 77.2 cm³/mol. The van der Waals surface area contributed by atoms with Gasteiger partial charge in [0.15, 0.2) is 0 Å². The van der Waals surface area contributed by atoms with Crippen LogP contribution in [0.15, 0.2) is 18.2 Å². The van der Waals surface area contributed by atoms with E-state index in [1.165, 1.54) is 6.07 Å². The molecule has 0 aliphatic rings. The summed E-state index contributed by atoms with van der Waals surface area (Å²) in [5, 5.41) is 13.2. The molecule has 1 atom stereocenters. The summed E-state index contributed by atoms with van der Waals surface area (Å²) in [5.41, 5.74) is -0.157. The van der Waals surface area contributed by atoms with E-state index < -0.39 is 11.7 Å². The van der Waals surface area contributed by atoms with E-state index in [1.54, 1.807) is 0 Å². The standard InChI is InChI=1S/C14H19BrFNO2/c1-14(2,3)12(6-7-15)17-13(19)10-8-9(16)4-5-11(10)18/h4-5,8,12,18H,6-7H2,1-3H3,(H,17,19). The third kappa shape index (κ3) is 4.49. The van der Waals surface area contributed by atoms with Crippen LogP contribution in [0, 0.1) is 11.2 Å². The molecule has 0 fully saturated rings. The Labute approximate surface area is 121 Å². The molecule has 0 heterocycles. The zero-order chi connectivity index (χ0) is 14.6. The number of aromatic hydroxyl groups is 1. The highest BCUT2D eigenvalue weighted by molar-refractivity contribution is 9.09. The number of phenolic OH excluding ortho intramolecular Hbond substituents is 1. The molecule has 1 aromatic carbocycles. The molecule has 0 saturated carbocycles. The van der Waals surface area contributed by atoms with E-state index in [2.05, 4.69) is 21.2 Å². The Hall–Kier alpha value is -1.10. The molecule has 0 bridgehead atoms. The molecule has 1 aromatic rings. The molecule has 0 aliphatic heterocycles. The maximum atomic E-state index is 13.1. The molecule has 106 valence electrons. The average Bonchev–Trinajstić information content (AvgIpc) is 2.30. The number of phenols is 1. The first kappa shape index (κ1) is 16.0. The zero-order valence-electron chi connectivity index (χ0n) is 11.3. The summed E-state index contributed by atoms with van der Waals surface area (Å²) >= 11 is 3.35. The fraction of sp³-hybridized carbons (Fsp3) is 0.500. The van der Waals surface area contributed by atoms with Gasteiger partial charge < -0.3 is 10.4 Å². The van der Waals surface area contributed by atoms with Crippen LogP contribution in [0.1, 0.15) is 37.6 Å². The number of hydrogen-bond acceptors (Lipinski definition) is 2. The van der Waals surface area contributed by atoms with Crippen molar-refractivity contribution in [3.05, 3.63) is 29.6 Å². The number of alkyl halides is 1. The molecule has 19 heavy (non-hydrogen) atoms.